The molecule has 2 aromatic rings. The van der Waals surface area contributed by atoms with Crippen molar-refractivity contribution >= 4 is 33.9 Å². The minimum absolute atomic E-state index is 0.453. The Morgan fingerprint density at radius 2 is 0.853 bits per heavy atom. The van der Waals surface area contributed by atoms with Crippen molar-refractivity contribution in [2.75, 3.05) is 0 Å². The van der Waals surface area contributed by atoms with E-state index in [0.717, 1.165) is 32.0 Å². The van der Waals surface area contributed by atoms with Gasteiger partial charge in [0, 0.05) is 9.79 Å². The van der Waals surface area contributed by atoms with Crippen LogP contribution in [0.5, 0.6) is 11.5 Å². The summed E-state index contributed by atoms with van der Waals surface area (Å²) in [4.78, 5) is 26.2. The number of ether oxygens (including phenoxy) is 4. The van der Waals surface area contributed by atoms with Crippen LogP contribution in [0.15, 0.2) is 34.1 Å². The Balaban J connectivity index is 2.11. The lowest BCUT2D eigenvalue weighted by molar-refractivity contribution is 0.0192. The summed E-state index contributed by atoms with van der Waals surface area (Å²) in [6, 6.07) is 7.32. The summed E-state index contributed by atoms with van der Waals surface area (Å²) in [5.74, 6) is 0.907. The number of rotatable bonds is 5. The molecule has 186 valence electrons. The van der Waals surface area contributed by atoms with Crippen molar-refractivity contribution in [3.8, 4) is 11.5 Å². The fourth-order valence-electron chi connectivity index (χ4n) is 3.02. The van der Waals surface area contributed by atoms with Crippen molar-refractivity contribution < 1.29 is 28.5 Å². The number of benzene rings is 2. The Morgan fingerprint density at radius 1 is 0.588 bits per heavy atom. The summed E-state index contributed by atoms with van der Waals surface area (Å²) in [7, 11) is 3.27. The molecule has 0 bridgehead atoms. The molecule has 0 spiro atoms. The maximum absolute atomic E-state index is 12.0. The van der Waals surface area contributed by atoms with Gasteiger partial charge in [0.1, 0.15) is 22.7 Å². The zero-order valence-corrected chi connectivity index (χ0v) is 23.2. The Hall–Kier alpha value is -2.32. The molecule has 0 fully saturated rings. The Morgan fingerprint density at radius 3 is 1.09 bits per heavy atom. The van der Waals surface area contributed by atoms with Gasteiger partial charge >= 0.3 is 12.3 Å². The zero-order valence-electron chi connectivity index (χ0n) is 21.6. The molecule has 0 heterocycles. The van der Waals surface area contributed by atoms with Gasteiger partial charge in [-0.15, -0.1) is 0 Å². The lowest BCUT2D eigenvalue weighted by Crippen LogP contribution is -2.26. The van der Waals surface area contributed by atoms with Gasteiger partial charge in [-0.05, 0) is 116 Å². The topological polar surface area (TPSA) is 71.1 Å². The monoisotopic (exact) mass is 506 g/mol. The van der Waals surface area contributed by atoms with Crippen LogP contribution in [0.2, 0.25) is 0 Å². The summed E-state index contributed by atoms with van der Waals surface area (Å²) < 4.78 is 21.2. The summed E-state index contributed by atoms with van der Waals surface area (Å²) in [5, 5.41) is 0. The maximum Gasteiger partial charge on any atom is 0.514 e. The molecule has 0 amide bonds. The van der Waals surface area contributed by atoms with Crippen molar-refractivity contribution in [3.63, 3.8) is 0 Å². The lowest BCUT2D eigenvalue weighted by atomic mass is 10.1. The van der Waals surface area contributed by atoms with E-state index >= 15 is 0 Å². The number of hydrogen-bond acceptors (Lipinski definition) is 8. The van der Waals surface area contributed by atoms with Crippen LogP contribution in [0.1, 0.15) is 63.8 Å². The molecule has 0 atom stereocenters. The fourth-order valence-corrected chi connectivity index (χ4v) is 6.02. The average Bonchev–Trinajstić information content (AvgIpc) is 2.59. The van der Waals surface area contributed by atoms with Crippen molar-refractivity contribution in [2.24, 2.45) is 0 Å². The third kappa shape index (κ3) is 8.80. The van der Waals surface area contributed by atoms with Crippen molar-refractivity contribution in [1.29, 1.82) is 0 Å². The van der Waals surface area contributed by atoms with Crippen molar-refractivity contribution in [3.05, 3.63) is 46.5 Å². The van der Waals surface area contributed by atoms with Gasteiger partial charge < -0.3 is 18.9 Å². The molecule has 2 aromatic carbocycles. The molecule has 0 aliphatic heterocycles. The quantitative estimate of drug-likeness (QED) is 0.228. The van der Waals surface area contributed by atoms with E-state index in [0.29, 0.717) is 11.5 Å². The minimum Gasteiger partial charge on any atom is -0.428 e. The van der Waals surface area contributed by atoms with Gasteiger partial charge in [-0.2, -0.15) is 0 Å². The van der Waals surface area contributed by atoms with E-state index in [4.69, 9.17) is 18.9 Å². The van der Waals surface area contributed by atoms with E-state index in [1.807, 2.05) is 52.0 Å². The summed E-state index contributed by atoms with van der Waals surface area (Å²) in [6.07, 6.45) is -1.44. The molecular formula is C26H34O6S2. The molecule has 6 nitrogen and oxygen atoms in total. The first kappa shape index (κ1) is 27.9. The van der Waals surface area contributed by atoms with Crippen molar-refractivity contribution in [2.45, 2.75) is 90.2 Å². The summed E-state index contributed by atoms with van der Waals surface area (Å²) in [6.45, 7) is 18.7. The third-order valence-corrected chi connectivity index (χ3v) is 7.21. The van der Waals surface area contributed by atoms with E-state index in [-0.39, 0.29) is 0 Å². The Labute approximate surface area is 210 Å². The molecule has 2 rings (SSSR count). The molecule has 0 aromatic heterocycles. The van der Waals surface area contributed by atoms with Gasteiger partial charge in [0.05, 0.1) is 0 Å². The largest absolute Gasteiger partial charge is 0.514 e. The van der Waals surface area contributed by atoms with E-state index in [1.54, 1.807) is 63.1 Å². The zero-order chi connectivity index (χ0) is 25.8. The maximum atomic E-state index is 12.0. The predicted octanol–water partition coefficient (Wildman–Crippen LogP) is 8.35. The van der Waals surface area contributed by atoms with Gasteiger partial charge in [0.15, 0.2) is 0 Å². The normalized spacial score (nSPS) is 11.7. The van der Waals surface area contributed by atoms with Gasteiger partial charge in [-0.3, -0.25) is 0 Å². The number of carbonyl (C=O) groups excluding carboxylic acids is 2. The molecule has 34 heavy (non-hydrogen) atoms. The van der Waals surface area contributed by atoms with E-state index in [1.165, 1.54) is 0 Å². The van der Waals surface area contributed by atoms with Gasteiger partial charge in [0.25, 0.3) is 0 Å². The molecule has 0 saturated carbocycles. The highest BCUT2D eigenvalue weighted by atomic mass is 33.1. The van der Waals surface area contributed by atoms with Gasteiger partial charge in [0.2, 0.25) is 0 Å². The standard InChI is InChI=1S/C26H34O6S2/c1-15-11-19(29-23(27)31-25(5,6)7)12-16(2)21(15)33-34-22-17(3)13-20(14-18(22)4)30-24(28)32-26(8,9)10/h11-14H,1-10H3. The third-order valence-electron chi connectivity index (χ3n) is 4.26. The van der Waals surface area contributed by atoms with E-state index in [2.05, 4.69) is 0 Å². The molecular weight excluding hydrogens is 472 g/mol. The van der Waals surface area contributed by atoms with E-state index in [9.17, 15) is 9.59 Å². The Kier molecular flexibility index (Phi) is 8.99. The molecule has 0 N–H and O–H groups in total. The predicted molar refractivity (Wildman–Crippen MR) is 137 cm³/mol. The first-order valence-electron chi connectivity index (χ1n) is 10.9. The smallest absolute Gasteiger partial charge is 0.428 e. The van der Waals surface area contributed by atoms with Crippen LogP contribution in [0, 0.1) is 27.7 Å². The second kappa shape index (κ2) is 11.0. The van der Waals surface area contributed by atoms with Crippen LogP contribution >= 0.6 is 21.6 Å². The highest BCUT2D eigenvalue weighted by molar-refractivity contribution is 8.76. The van der Waals surface area contributed by atoms with Crippen LogP contribution in [0.4, 0.5) is 9.59 Å². The fraction of sp³-hybridized carbons (Fsp3) is 0.462. The molecule has 0 radical (unpaired) electrons. The number of carbonyl (C=O) groups is 2. The number of hydrogen-bond donors (Lipinski definition) is 0. The van der Waals surface area contributed by atoms with Gasteiger partial charge in [-0.25, -0.2) is 9.59 Å². The average molecular weight is 507 g/mol. The second-order valence-corrected chi connectivity index (χ2v) is 12.2. The van der Waals surface area contributed by atoms with Crippen molar-refractivity contribution in [1.82, 2.24) is 0 Å². The molecule has 0 aliphatic rings. The van der Waals surface area contributed by atoms with Crippen LogP contribution in [-0.2, 0) is 9.47 Å². The second-order valence-electron chi connectivity index (χ2n) is 10.1. The highest BCUT2D eigenvalue weighted by Crippen LogP contribution is 2.44. The lowest BCUT2D eigenvalue weighted by Gasteiger charge is -2.19. The molecule has 0 saturated heterocycles. The molecule has 0 aliphatic carbocycles. The van der Waals surface area contributed by atoms with Gasteiger partial charge in [-0.1, -0.05) is 21.6 Å². The molecule has 8 heteroatoms. The Bertz CT molecular complexity index is 932. The van der Waals surface area contributed by atoms with E-state index < -0.39 is 23.5 Å². The summed E-state index contributed by atoms with van der Waals surface area (Å²) >= 11 is 0. The summed E-state index contributed by atoms with van der Waals surface area (Å²) in [5.41, 5.74) is 2.76. The first-order chi connectivity index (χ1) is 15.5. The van der Waals surface area contributed by atoms with Crippen LogP contribution in [0.3, 0.4) is 0 Å². The molecule has 0 unspecified atom stereocenters. The SMILES string of the molecule is Cc1cc(OC(=O)OC(C)(C)C)cc(C)c1SSc1c(C)cc(OC(=O)OC(C)(C)C)cc1C. The minimum atomic E-state index is -0.721. The van der Waals surface area contributed by atoms with Crippen LogP contribution < -0.4 is 9.47 Å². The highest BCUT2D eigenvalue weighted by Gasteiger charge is 2.20. The number of aryl methyl sites for hydroxylation is 4. The van der Waals surface area contributed by atoms with Crippen LogP contribution in [0.25, 0.3) is 0 Å². The first-order valence-corrected chi connectivity index (χ1v) is 13.1. The van der Waals surface area contributed by atoms with Crippen LogP contribution in [-0.4, -0.2) is 23.5 Å².